The number of aromatic nitrogens is 2. The molecule has 2 rings (SSSR count). The number of nitrogens with one attached hydrogen (secondary N) is 1. The average molecular weight is 271 g/mol. The lowest BCUT2D eigenvalue weighted by molar-refractivity contribution is 0.406. The number of H-pyrrole nitrogens is 1. The Bertz CT molecular complexity index is 495. The Morgan fingerprint density at radius 1 is 1.44 bits per heavy atom. The van der Waals surface area contributed by atoms with E-state index in [2.05, 4.69) is 16.9 Å². The number of nitrogens with zero attached hydrogens (tertiary/aromatic N) is 2. The number of imidazole rings is 1. The molecule has 102 valence electrons. The standard InChI is InChI=1S/C12H21N3O2S/c1-3-11-5-4-7-15(8-6-11)18(16,17)12-9-13-10(2)14-12/h9,11H,3-8H2,1-2H3,(H,13,14). The summed E-state index contributed by atoms with van der Waals surface area (Å²) in [6, 6.07) is 0. The molecule has 1 aliphatic rings. The van der Waals surface area contributed by atoms with Gasteiger partial charge in [0.1, 0.15) is 5.82 Å². The molecule has 0 bridgehead atoms. The highest BCUT2D eigenvalue weighted by Crippen LogP contribution is 2.24. The third kappa shape index (κ3) is 2.75. The van der Waals surface area contributed by atoms with Crippen LogP contribution < -0.4 is 0 Å². The van der Waals surface area contributed by atoms with Crippen molar-refractivity contribution in [2.45, 2.75) is 44.6 Å². The first kappa shape index (κ1) is 13.5. The molecule has 6 heteroatoms. The molecule has 1 N–H and O–H groups in total. The number of sulfonamides is 1. The van der Waals surface area contributed by atoms with Crippen LogP contribution in [0.4, 0.5) is 0 Å². The molecule has 1 saturated heterocycles. The second kappa shape index (κ2) is 5.40. The van der Waals surface area contributed by atoms with Gasteiger partial charge in [-0.1, -0.05) is 13.3 Å². The van der Waals surface area contributed by atoms with E-state index in [0.29, 0.717) is 24.8 Å². The van der Waals surface area contributed by atoms with Crippen molar-refractivity contribution in [3.05, 3.63) is 12.0 Å². The van der Waals surface area contributed by atoms with Crippen LogP contribution in [-0.4, -0.2) is 35.8 Å². The topological polar surface area (TPSA) is 66.1 Å². The third-order valence-corrected chi connectivity index (χ3v) is 5.49. The van der Waals surface area contributed by atoms with Crippen molar-refractivity contribution in [1.82, 2.24) is 14.3 Å². The Balaban J connectivity index is 2.15. The zero-order valence-corrected chi connectivity index (χ0v) is 11.8. The molecule has 0 radical (unpaired) electrons. The molecule has 0 aromatic carbocycles. The van der Waals surface area contributed by atoms with Gasteiger partial charge in [-0.2, -0.15) is 4.31 Å². The van der Waals surface area contributed by atoms with Crippen LogP contribution in [0.2, 0.25) is 0 Å². The van der Waals surface area contributed by atoms with Gasteiger partial charge in [-0.05, 0) is 32.1 Å². The van der Waals surface area contributed by atoms with Crippen molar-refractivity contribution in [2.75, 3.05) is 13.1 Å². The van der Waals surface area contributed by atoms with E-state index >= 15 is 0 Å². The highest BCUT2D eigenvalue weighted by Gasteiger charge is 2.28. The fourth-order valence-electron chi connectivity index (χ4n) is 2.46. The van der Waals surface area contributed by atoms with E-state index < -0.39 is 10.0 Å². The van der Waals surface area contributed by atoms with Crippen LogP contribution in [0.25, 0.3) is 0 Å². The van der Waals surface area contributed by atoms with Gasteiger partial charge >= 0.3 is 0 Å². The van der Waals surface area contributed by atoms with Crippen LogP contribution in [-0.2, 0) is 10.0 Å². The molecule has 5 nitrogen and oxygen atoms in total. The Morgan fingerprint density at radius 2 is 2.22 bits per heavy atom. The van der Waals surface area contributed by atoms with Crippen molar-refractivity contribution in [3.8, 4) is 0 Å². The Kier molecular flexibility index (Phi) is 4.07. The molecule has 1 aromatic heterocycles. The molecule has 1 fully saturated rings. The monoisotopic (exact) mass is 271 g/mol. The van der Waals surface area contributed by atoms with Gasteiger partial charge in [0.2, 0.25) is 0 Å². The van der Waals surface area contributed by atoms with E-state index in [1.807, 2.05) is 0 Å². The van der Waals surface area contributed by atoms with E-state index in [1.165, 1.54) is 6.20 Å². The smallest absolute Gasteiger partial charge is 0.260 e. The van der Waals surface area contributed by atoms with E-state index in [4.69, 9.17) is 0 Å². The molecule has 0 aliphatic carbocycles. The van der Waals surface area contributed by atoms with E-state index in [-0.39, 0.29) is 5.03 Å². The van der Waals surface area contributed by atoms with Gasteiger partial charge in [-0.25, -0.2) is 13.4 Å². The molecule has 18 heavy (non-hydrogen) atoms. The van der Waals surface area contributed by atoms with E-state index in [9.17, 15) is 8.42 Å². The predicted molar refractivity (Wildman–Crippen MR) is 69.7 cm³/mol. The van der Waals surface area contributed by atoms with Gasteiger partial charge in [0.05, 0.1) is 6.20 Å². The Morgan fingerprint density at radius 3 is 2.83 bits per heavy atom. The molecule has 0 amide bonds. The fourth-order valence-corrected chi connectivity index (χ4v) is 3.91. The van der Waals surface area contributed by atoms with Crippen molar-refractivity contribution in [1.29, 1.82) is 0 Å². The van der Waals surface area contributed by atoms with Crippen LogP contribution in [0.5, 0.6) is 0 Å². The summed E-state index contributed by atoms with van der Waals surface area (Å²) in [6.45, 7) is 5.18. The molecule has 0 saturated carbocycles. The summed E-state index contributed by atoms with van der Waals surface area (Å²) in [6.07, 6.45) is 5.59. The van der Waals surface area contributed by atoms with Crippen molar-refractivity contribution >= 4 is 10.0 Å². The fraction of sp³-hybridized carbons (Fsp3) is 0.750. The average Bonchev–Trinajstić information content (AvgIpc) is 2.65. The molecule has 1 aliphatic heterocycles. The molecule has 1 aromatic rings. The van der Waals surface area contributed by atoms with E-state index in [1.54, 1.807) is 11.2 Å². The van der Waals surface area contributed by atoms with Gasteiger partial charge in [0.15, 0.2) is 5.03 Å². The van der Waals surface area contributed by atoms with Crippen LogP contribution >= 0.6 is 0 Å². The van der Waals surface area contributed by atoms with Crippen LogP contribution in [0.3, 0.4) is 0 Å². The van der Waals surface area contributed by atoms with Gasteiger partial charge in [0.25, 0.3) is 10.0 Å². The summed E-state index contributed by atoms with van der Waals surface area (Å²) in [5, 5.41) is 0.218. The first-order valence-corrected chi connectivity index (χ1v) is 7.99. The lowest BCUT2D eigenvalue weighted by Crippen LogP contribution is -2.32. The summed E-state index contributed by atoms with van der Waals surface area (Å²) in [7, 11) is -3.38. The third-order valence-electron chi connectivity index (χ3n) is 3.68. The van der Waals surface area contributed by atoms with Crippen molar-refractivity contribution in [2.24, 2.45) is 5.92 Å². The lowest BCUT2D eigenvalue weighted by Gasteiger charge is -2.18. The second-order valence-electron chi connectivity index (χ2n) is 4.94. The van der Waals surface area contributed by atoms with Crippen molar-refractivity contribution < 1.29 is 8.42 Å². The lowest BCUT2D eigenvalue weighted by atomic mass is 9.98. The van der Waals surface area contributed by atoms with Crippen LogP contribution in [0.1, 0.15) is 38.4 Å². The number of hydrogen-bond acceptors (Lipinski definition) is 3. The summed E-state index contributed by atoms with van der Waals surface area (Å²) in [5.74, 6) is 1.29. The number of rotatable bonds is 3. The minimum absolute atomic E-state index is 0.218. The Labute approximate surface area is 109 Å². The molecule has 0 spiro atoms. The molecular formula is C12H21N3O2S. The summed E-state index contributed by atoms with van der Waals surface area (Å²) < 4.78 is 26.4. The van der Waals surface area contributed by atoms with Gasteiger partial charge < -0.3 is 4.98 Å². The Hall–Kier alpha value is -0.880. The highest BCUT2D eigenvalue weighted by atomic mass is 32.2. The maximum atomic E-state index is 12.4. The van der Waals surface area contributed by atoms with E-state index in [0.717, 1.165) is 25.7 Å². The minimum atomic E-state index is -3.38. The number of aryl methyl sites for hydroxylation is 1. The number of aromatic amines is 1. The quantitative estimate of drug-likeness (QED) is 0.913. The number of hydrogen-bond donors (Lipinski definition) is 1. The maximum absolute atomic E-state index is 12.4. The molecule has 1 atom stereocenters. The largest absolute Gasteiger partial charge is 0.332 e. The van der Waals surface area contributed by atoms with Gasteiger partial charge in [-0.15, -0.1) is 0 Å². The summed E-state index contributed by atoms with van der Waals surface area (Å²) in [4.78, 5) is 6.79. The van der Waals surface area contributed by atoms with Crippen LogP contribution in [0.15, 0.2) is 11.2 Å². The van der Waals surface area contributed by atoms with Crippen LogP contribution in [0, 0.1) is 12.8 Å². The second-order valence-corrected chi connectivity index (χ2v) is 6.85. The minimum Gasteiger partial charge on any atom is -0.332 e. The zero-order chi connectivity index (χ0) is 13.2. The van der Waals surface area contributed by atoms with Crippen molar-refractivity contribution in [3.63, 3.8) is 0 Å². The van der Waals surface area contributed by atoms with Gasteiger partial charge in [-0.3, -0.25) is 0 Å². The first-order valence-electron chi connectivity index (χ1n) is 6.55. The maximum Gasteiger partial charge on any atom is 0.260 e. The summed E-state index contributed by atoms with van der Waals surface area (Å²) in [5.41, 5.74) is 0. The SMILES string of the molecule is CCC1CCCN(S(=O)(=O)c2cnc(C)[nH]2)CC1. The predicted octanol–water partition coefficient (Wildman–Crippen LogP) is 1.92. The normalized spacial score (nSPS) is 22.9. The first-order chi connectivity index (χ1) is 8.54. The summed E-state index contributed by atoms with van der Waals surface area (Å²) >= 11 is 0. The molecular weight excluding hydrogens is 250 g/mol. The zero-order valence-electron chi connectivity index (χ0n) is 11.0. The molecule has 2 heterocycles. The highest BCUT2D eigenvalue weighted by molar-refractivity contribution is 7.89. The molecule has 1 unspecified atom stereocenters. The van der Waals surface area contributed by atoms with Gasteiger partial charge in [0, 0.05) is 13.1 Å².